The predicted molar refractivity (Wildman–Crippen MR) is 216 cm³/mol. The van der Waals surface area contributed by atoms with Crippen molar-refractivity contribution in [3.63, 3.8) is 0 Å². The van der Waals surface area contributed by atoms with Crippen molar-refractivity contribution in [1.29, 1.82) is 0 Å². The highest BCUT2D eigenvalue weighted by Crippen LogP contribution is 2.89. The number of fused-ring (bicyclic) bond motifs is 2. The molecule has 2 heterocycles. The van der Waals surface area contributed by atoms with E-state index in [0.717, 1.165) is 32.1 Å². The fourth-order valence-corrected chi connectivity index (χ4v) is 15.9. The molecule has 0 aromatic heterocycles. The summed E-state index contributed by atoms with van der Waals surface area (Å²) in [5.41, 5.74) is -3.25. The van der Waals surface area contributed by atoms with Gasteiger partial charge in [-0.25, -0.2) is 0 Å². The minimum absolute atomic E-state index is 0.0826. The summed E-state index contributed by atoms with van der Waals surface area (Å²) in [4.78, 5) is 24.6. The molecule has 0 radical (unpaired) electrons. The topological polar surface area (TPSA) is 231 Å². The van der Waals surface area contributed by atoms with E-state index in [0.29, 0.717) is 32.1 Å². The van der Waals surface area contributed by atoms with Crippen molar-refractivity contribution < 1.29 is 73.8 Å². The second kappa shape index (κ2) is 15.3. The molecule has 61 heavy (non-hydrogen) atoms. The molecule has 8 aliphatic rings. The first-order chi connectivity index (χ1) is 28.3. The smallest absolute Gasteiger partial charge is 0.303 e. The Hall–Kier alpha value is -1.50. The lowest BCUT2D eigenvalue weighted by atomic mass is 9.41. The lowest BCUT2D eigenvalue weighted by molar-refractivity contribution is -0.333. The van der Waals surface area contributed by atoms with Crippen LogP contribution in [0.4, 0.5) is 0 Å². The summed E-state index contributed by atoms with van der Waals surface area (Å²) in [5, 5.41) is 77.3. The quantitative estimate of drug-likeness (QED) is 0.131. The van der Waals surface area contributed by atoms with Crippen LogP contribution >= 0.6 is 0 Å². The molecular formula is C46H74O15. The average molecular weight is 867 g/mol. The molecule has 8 rings (SSSR count). The molecule has 0 aromatic rings. The zero-order valence-electron chi connectivity index (χ0n) is 37.6. The maximum atomic E-state index is 12.4. The van der Waals surface area contributed by atoms with Crippen LogP contribution in [0, 0.1) is 44.8 Å². The van der Waals surface area contributed by atoms with Crippen LogP contribution in [-0.2, 0) is 38.0 Å². The van der Waals surface area contributed by atoms with Crippen molar-refractivity contribution >= 4 is 11.9 Å². The first kappa shape index (κ1) is 46.0. The van der Waals surface area contributed by atoms with Gasteiger partial charge in [-0.3, -0.25) is 9.59 Å². The molecule has 7 N–H and O–H groups in total. The van der Waals surface area contributed by atoms with Crippen LogP contribution in [0.5, 0.6) is 0 Å². The first-order valence-corrected chi connectivity index (χ1v) is 23.0. The van der Waals surface area contributed by atoms with Crippen LogP contribution in [0.25, 0.3) is 0 Å². The third-order valence-electron chi connectivity index (χ3n) is 18.6. The van der Waals surface area contributed by atoms with Crippen LogP contribution in [0.1, 0.15) is 133 Å². The predicted octanol–water partition coefficient (Wildman–Crippen LogP) is 2.67. The number of hydrogen-bond acceptors (Lipinski definition) is 15. The fraction of sp³-hybridized carbons (Fsp3) is 0.957. The molecule has 0 amide bonds. The molecule has 2 saturated heterocycles. The second-order valence-electron chi connectivity index (χ2n) is 22.6. The molecule has 21 unspecified atom stereocenters. The average Bonchev–Trinajstić information content (AvgIpc) is 3.52. The number of aliphatic hydroxyl groups is 7. The number of rotatable bonds is 9. The van der Waals surface area contributed by atoms with Crippen LogP contribution in [-0.4, -0.2) is 145 Å². The number of esters is 2. The van der Waals surface area contributed by atoms with E-state index >= 15 is 0 Å². The molecule has 0 aromatic carbocycles. The lowest BCUT2D eigenvalue weighted by Crippen LogP contribution is -2.65. The van der Waals surface area contributed by atoms with E-state index in [9.17, 15) is 45.3 Å². The Morgan fingerprint density at radius 2 is 1.39 bits per heavy atom. The van der Waals surface area contributed by atoms with Gasteiger partial charge in [0.1, 0.15) is 24.4 Å². The van der Waals surface area contributed by atoms with E-state index in [1.165, 1.54) is 13.8 Å². The minimum atomic E-state index is -1.62. The molecule has 2 aliphatic heterocycles. The SMILES string of the molecule is CC(=O)OC1C(O)CCC(OC2CCC34CC35CCC3(C)C(C6(C)CCC(C(C)(C)O)O6)C(O)CC3(C)C5CC(OC3OC(CO)C(O)C(O)C3O)C4C2(C)C)C1OC(C)=O. The molecule has 348 valence electrons. The van der Waals surface area contributed by atoms with Gasteiger partial charge in [0, 0.05) is 19.8 Å². The molecule has 15 nitrogen and oxygen atoms in total. The van der Waals surface area contributed by atoms with Crippen LogP contribution in [0.2, 0.25) is 0 Å². The molecule has 6 saturated carbocycles. The maximum Gasteiger partial charge on any atom is 0.303 e. The molecule has 15 heteroatoms. The van der Waals surface area contributed by atoms with E-state index in [1.807, 2.05) is 0 Å². The fourth-order valence-electron chi connectivity index (χ4n) is 15.9. The third kappa shape index (κ3) is 6.90. The number of carbonyl (C=O) groups excluding carboxylic acids is 2. The number of carbonyl (C=O) groups is 2. The van der Waals surface area contributed by atoms with Gasteiger partial charge in [0.05, 0.1) is 54.4 Å². The lowest BCUT2D eigenvalue weighted by Gasteiger charge is -2.65. The van der Waals surface area contributed by atoms with Gasteiger partial charge >= 0.3 is 11.9 Å². The van der Waals surface area contributed by atoms with Gasteiger partial charge in [0.2, 0.25) is 0 Å². The first-order valence-electron chi connectivity index (χ1n) is 23.0. The summed E-state index contributed by atoms with van der Waals surface area (Å²) in [5.74, 6) is -1.44. The molecule has 6 aliphatic carbocycles. The zero-order chi connectivity index (χ0) is 44.6. The van der Waals surface area contributed by atoms with Crippen molar-refractivity contribution in [3.8, 4) is 0 Å². The Bertz CT molecular complexity index is 1680. The standard InChI is InChI=1S/C46H74O15/c1-22(48)56-35-24(50)10-11-26(36(35)57-23(2)49)58-30-13-15-46-21-45(46)17-16-42(7)37(44(9)14-12-31(61-44)41(5,6)55)25(51)19-43(42,8)29(45)18-27(38(46)40(30,3)4)59-39-34(54)33(53)32(52)28(20-47)60-39/h24-39,47,50-55H,10-21H2,1-9H3. The van der Waals surface area contributed by atoms with Crippen molar-refractivity contribution in [3.05, 3.63) is 0 Å². The van der Waals surface area contributed by atoms with Gasteiger partial charge in [0.15, 0.2) is 18.5 Å². The summed E-state index contributed by atoms with van der Waals surface area (Å²) in [6.07, 6.45) is -5.53. The van der Waals surface area contributed by atoms with Gasteiger partial charge in [-0.05, 0) is 130 Å². The van der Waals surface area contributed by atoms with Crippen molar-refractivity contribution in [2.75, 3.05) is 6.61 Å². The molecular weight excluding hydrogens is 792 g/mol. The van der Waals surface area contributed by atoms with Crippen LogP contribution in [0.3, 0.4) is 0 Å². The Balaban J connectivity index is 1.15. The number of hydrogen-bond donors (Lipinski definition) is 7. The van der Waals surface area contributed by atoms with Gasteiger partial charge in [-0.15, -0.1) is 0 Å². The summed E-state index contributed by atoms with van der Waals surface area (Å²) < 4.78 is 38.1. The Morgan fingerprint density at radius 1 is 0.721 bits per heavy atom. The number of aliphatic hydroxyl groups excluding tert-OH is 6. The molecule has 8 fully saturated rings. The van der Waals surface area contributed by atoms with Crippen molar-refractivity contribution in [2.45, 2.75) is 224 Å². The van der Waals surface area contributed by atoms with E-state index < -0.39 is 102 Å². The van der Waals surface area contributed by atoms with E-state index in [1.54, 1.807) is 13.8 Å². The van der Waals surface area contributed by atoms with E-state index in [-0.39, 0.29) is 58.0 Å². The Kier molecular flexibility index (Phi) is 11.5. The largest absolute Gasteiger partial charge is 0.456 e. The maximum absolute atomic E-state index is 12.4. The normalized spacial score (nSPS) is 53.8. The minimum Gasteiger partial charge on any atom is -0.456 e. The van der Waals surface area contributed by atoms with Gasteiger partial charge in [-0.1, -0.05) is 27.7 Å². The van der Waals surface area contributed by atoms with Crippen molar-refractivity contribution in [1.82, 2.24) is 0 Å². The summed E-state index contributed by atoms with van der Waals surface area (Å²) in [7, 11) is 0. The third-order valence-corrected chi connectivity index (χ3v) is 18.6. The summed E-state index contributed by atoms with van der Waals surface area (Å²) in [6.45, 7) is 16.6. The molecule has 0 bridgehead atoms. The zero-order valence-corrected chi connectivity index (χ0v) is 37.6. The molecule has 2 spiro atoms. The molecule has 21 atom stereocenters. The van der Waals surface area contributed by atoms with Crippen molar-refractivity contribution in [2.24, 2.45) is 44.8 Å². The van der Waals surface area contributed by atoms with Gasteiger partial charge in [-0.2, -0.15) is 0 Å². The van der Waals surface area contributed by atoms with Gasteiger partial charge in [0.25, 0.3) is 0 Å². The number of ether oxygens (including phenoxy) is 6. The Morgan fingerprint density at radius 3 is 2.02 bits per heavy atom. The van der Waals surface area contributed by atoms with E-state index in [4.69, 9.17) is 28.4 Å². The van der Waals surface area contributed by atoms with E-state index in [2.05, 4.69) is 34.6 Å². The summed E-state index contributed by atoms with van der Waals surface area (Å²) in [6, 6.07) is 0. The summed E-state index contributed by atoms with van der Waals surface area (Å²) >= 11 is 0. The van der Waals surface area contributed by atoms with Crippen LogP contribution < -0.4 is 0 Å². The highest BCUT2D eigenvalue weighted by molar-refractivity contribution is 5.67. The Labute approximate surface area is 360 Å². The van der Waals surface area contributed by atoms with Gasteiger partial charge < -0.3 is 64.2 Å². The highest BCUT2D eigenvalue weighted by Gasteiger charge is 2.85. The van der Waals surface area contributed by atoms with Crippen LogP contribution in [0.15, 0.2) is 0 Å². The highest BCUT2D eigenvalue weighted by atomic mass is 16.7. The second-order valence-corrected chi connectivity index (χ2v) is 22.6. The monoisotopic (exact) mass is 867 g/mol.